The molecule has 3 fully saturated rings. The number of morpholine rings is 2. The number of alkyl halides is 1. The van der Waals surface area contributed by atoms with Gasteiger partial charge in [0.2, 0.25) is 5.28 Å². The highest BCUT2D eigenvalue weighted by atomic mass is 127. The second kappa shape index (κ2) is 26.8. The molecule has 450 valence electrons. The van der Waals surface area contributed by atoms with Crippen molar-refractivity contribution in [2.45, 2.75) is 85.0 Å². The van der Waals surface area contributed by atoms with Gasteiger partial charge < -0.3 is 58.1 Å². The van der Waals surface area contributed by atoms with Crippen molar-refractivity contribution in [1.82, 2.24) is 29.9 Å². The van der Waals surface area contributed by atoms with Gasteiger partial charge >= 0.3 is 14.2 Å². The van der Waals surface area contributed by atoms with Gasteiger partial charge in [0.05, 0.1) is 59.5 Å². The molecule has 0 amide bonds. The van der Waals surface area contributed by atoms with E-state index in [0.717, 1.165) is 49.6 Å². The molecule has 3 saturated heterocycles. The number of nitrogens with zero attached hydrogens (tertiary/aromatic N) is 6. The fourth-order valence-corrected chi connectivity index (χ4v) is 11.4. The highest BCUT2D eigenvalue weighted by molar-refractivity contribution is 14.1. The smallest absolute Gasteiger partial charge is 0.485 e. The Morgan fingerprint density at radius 3 is 1.82 bits per heavy atom. The number of nitrogens with one attached hydrogen (secondary N) is 2. The first-order chi connectivity index (χ1) is 40.3. The zero-order chi connectivity index (χ0) is 61.0. The van der Waals surface area contributed by atoms with Crippen LogP contribution in [0, 0.1) is 0 Å². The summed E-state index contributed by atoms with van der Waals surface area (Å²) >= 11 is 14.2. The van der Waals surface area contributed by atoms with Gasteiger partial charge in [-0.1, -0.05) is 96.6 Å². The number of rotatable bonds is 7. The maximum atomic E-state index is 12.2. The molecule has 4 aromatic heterocycles. The first-order valence-corrected chi connectivity index (χ1v) is 33.3. The molecule has 0 radical (unpaired) electrons. The second-order valence-electron chi connectivity index (χ2n) is 21.8. The van der Waals surface area contributed by atoms with E-state index in [-0.39, 0.29) is 56.1 Å². The molecule has 3 unspecified atom stereocenters. The summed E-state index contributed by atoms with van der Waals surface area (Å²) in [5, 5.41) is 20.1. The number of hydrogen-bond donors (Lipinski definition) is 4. The van der Waals surface area contributed by atoms with Crippen molar-refractivity contribution < 1.29 is 55.1 Å². The van der Waals surface area contributed by atoms with Crippen LogP contribution >= 0.6 is 45.8 Å². The quantitative estimate of drug-likeness (QED) is 0.0386. The number of fused-ring (bicyclic) bond motifs is 8. The lowest BCUT2D eigenvalue weighted by Gasteiger charge is -2.40. The Bertz CT molecular complexity index is 3880. The second-order valence-corrected chi connectivity index (χ2v) is 28.6. The van der Waals surface area contributed by atoms with Gasteiger partial charge in [-0.3, -0.25) is 0 Å². The van der Waals surface area contributed by atoms with Crippen molar-refractivity contribution in [1.29, 1.82) is 0 Å². The predicted molar refractivity (Wildman–Crippen MR) is 342 cm³/mol. The Balaban J connectivity index is 0.000000141. The van der Waals surface area contributed by atoms with Crippen LogP contribution in [0.3, 0.4) is 0 Å². The third-order valence-electron chi connectivity index (χ3n) is 15.1. The monoisotopic (exact) mass is 1350 g/mol. The Hall–Kier alpha value is -5.58. The van der Waals surface area contributed by atoms with E-state index in [2.05, 4.69) is 112 Å². The molecule has 3 atom stereocenters. The van der Waals surface area contributed by atoms with Crippen LogP contribution in [0.1, 0.15) is 48.0 Å². The average molecular weight is 1350 g/mol. The molecule has 5 aliphatic heterocycles. The topological polar surface area (TPSA) is 254 Å². The summed E-state index contributed by atoms with van der Waals surface area (Å²) in [4.78, 5) is 29.0. The number of aromatic nitrogens is 6. The molecule has 5 aliphatic rings. The molecule has 0 spiro atoms. The summed E-state index contributed by atoms with van der Waals surface area (Å²) in [6, 6.07) is 28.8. The normalized spacial score (nSPS) is 18.6. The van der Waals surface area contributed by atoms with E-state index in [4.69, 9.17) is 71.5 Å². The molecular weight excluding hydrogens is 1280 g/mol. The van der Waals surface area contributed by atoms with Gasteiger partial charge in [0.15, 0.2) is 53.8 Å². The summed E-state index contributed by atoms with van der Waals surface area (Å²) in [5.74, 6) is 3.04. The van der Waals surface area contributed by atoms with Gasteiger partial charge in [0.25, 0.3) is 0 Å². The molecule has 4 N–H and O–H groups in total. The van der Waals surface area contributed by atoms with Crippen LogP contribution in [-0.2, 0) is 38.5 Å². The summed E-state index contributed by atoms with van der Waals surface area (Å²) in [6.07, 6.45) is 7.40. The number of anilines is 2. The third-order valence-corrected chi connectivity index (χ3v) is 18.6. The van der Waals surface area contributed by atoms with Crippen molar-refractivity contribution in [3.05, 3.63) is 120 Å². The zero-order valence-electron chi connectivity index (χ0n) is 48.3. The maximum absolute atomic E-state index is 12.2. The minimum Gasteiger partial charge on any atom is -0.485 e. The van der Waals surface area contributed by atoms with Crippen LogP contribution in [-0.4, -0.2) is 163 Å². The fourth-order valence-electron chi connectivity index (χ4n) is 9.64. The SMILES string of the molecule is CC1(C)OB(c2cccc3[nH]ccc23)OC1(C)C.CCC(C)I.CS(=O)(=O)c1cccc(-c2nc(-c3cccc4[nH]ccc34)nc3c2OCC2COCCN32)c1.CS(=O)(=O)c1cccc(B(O)O)c1.Clc1nc(Cl)c2c(n1)N1CCOCC1CO2. The van der Waals surface area contributed by atoms with Crippen molar-refractivity contribution in [2.75, 3.05) is 75.0 Å². The molecule has 0 bridgehead atoms. The van der Waals surface area contributed by atoms with Crippen LogP contribution < -0.4 is 30.2 Å². The van der Waals surface area contributed by atoms with Crippen LogP contribution in [0.4, 0.5) is 11.6 Å². The molecule has 13 rings (SSSR count). The molecule has 8 aromatic rings. The van der Waals surface area contributed by atoms with E-state index in [1.807, 2.05) is 48.8 Å². The van der Waals surface area contributed by atoms with E-state index < -0.39 is 26.8 Å². The molecule has 4 aromatic carbocycles. The van der Waals surface area contributed by atoms with E-state index in [0.29, 0.717) is 86.4 Å². The molecule has 0 saturated carbocycles. The highest BCUT2D eigenvalue weighted by Gasteiger charge is 2.52. The van der Waals surface area contributed by atoms with E-state index in [1.165, 1.54) is 36.9 Å². The number of ether oxygens (including phenoxy) is 4. The molecular formula is C58H67B2Cl2IN8O12S2. The first-order valence-electron chi connectivity index (χ1n) is 27.5. The van der Waals surface area contributed by atoms with Crippen molar-refractivity contribution in [3.63, 3.8) is 0 Å². The van der Waals surface area contributed by atoms with Crippen LogP contribution in [0.5, 0.6) is 11.5 Å². The molecule has 20 nitrogen and oxygen atoms in total. The molecule has 27 heteroatoms. The van der Waals surface area contributed by atoms with Crippen LogP contribution in [0.15, 0.2) is 119 Å². The van der Waals surface area contributed by atoms with Gasteiger partial charge in [-0.05, 0) is 111 Å². The van der Waals surface area contributed by atoms with Gasteiger partial charge in [-0.2, -0.15) is 4.98 Å². The van der Waals surface area contributed by atoms with E-state index >= 15 is 0 Å². The summed E-state index contributed by atoms with van der Waals surface area (Å²) in [5.41, 5.74) is 4.93. The largest absolute Gasteiger partial charge is 0.495 e. The van der Waals surface area contributed by atoms with Gasteiger partial charge in [-0.25, -0.2) is 31.8 Å². The lowest BCUT2D eigenvalue weighted by molar-refractivity contribution is 0.00578. The van der Waals surface area contributed by atoms with E-state index in [1.54, 1.807) is 18.2 Å². The molecule has 85 heavy (non-hydrogen) atoms. The lowest BCUT2D eigenvalue weighted by Crippen LogP contribution is -2.51. The van der Waals surface area contributed by atoms with Gasteiger partial charge in [-0.15, -0.1) is 0 Å². The summed E-state index contributed by atoms with van der Waals surface area (Å²) < 4.78 is 82.3. The number of halogens is 3. The zero-order valence-corrected chi connectivity index (χ0v) is 53.6. The first kappa shape index (κ1) is 63.9. The Labute approximate surface area is 519 Å². The summed E-state index contributed by atoms with van der Waals surface area (Å²) in [6.45, 7) is 17.7. The fraction of sp³-hybridized carbons (Fsp3) is 0.379. The minimum absolute atomic E-state index is 0.0762. The predicted octanol–water partition coefficient (Wildman–Crippen LogP) is 8.13. The van der Waals surface area contributed by atoms with E-state index in [9.17, 15) is 16.8 Å². The van der Waals surface area contributed by atoms with Crippen LogP contribution in [0.2, 0.25) is 10.4 Å². The van der Waals surface area contributed by atoms with Gasteiger partial charge in [0, 0.05) is 69.5 Å². The number of aromatic amines is 2. The Kier molecular flexibility index (Phi) is 20.2. The van der Waals surface area contributed by atoms with Crippen molar-refractivity contribution in [2.24, 2.45) is 0 Å². The summed E-state index contributed by atoms with van der Waals surface area (Å²) in [7, 11) is -8.59. The highest BCUT2D eigenvalue weighted by Crippen LogP contribution is 2.44. The van der Waals surface area contributed by atoms with Crippen molar-refractivity contribution in [3.8, 4) is 34.1 Å². The van der Waals surface area contributed by atoms with Crippen LogP contribution in [0.25, 0.3) is 44.5 Å². The standard InChI is InChI=1S/C24H22N4O4S.C14H18BNO2.C9H9Cl2N3O2.C7H9BO4S.C4H9I/c1-33(29,30)17-5-2-4-15(12-17)21-22-24(28-10-11-31-13-16(28)14-32-22)27-23(26-21)19-6-3-7-20-18(19)8-9-25-20;1-13(2)14(3,4)18-15(17-13)11-6-5-7-12-10(11)8-9-16-12;10-7-6-8(13-9(11)12-7)14-1-2-15-3-5(14)4-16-6;1-13(11,12)7-4-2-3-6(5-7)8(9)10;1-3-4(2)5/h2-9,12,16,25H,10-11,13-14H2,1H3;5-9,16H,1-4H3;5H,1-4H2;2-5,9-10H,1H3;4H,3H2,1-2H3. The third kappa shape index (κ3) is 14.9. The van der Waals surface area contributed by atoms with Gasteiger partial charge in [0.1, 0.15) is 18.9 Å². The van der Waals surface area contributed by atoms with Crippen molar-refractivity contribution >= 4 is 124 Å². The Morgan fingerprint density at radius 1 is 0.706 bits per heavy atom. The lowest BCUT2D eigenvalue weighted by atomic mass is 9.77. The number of benzene rings is 4. The molecule has 0 aliphatic carbocycles. The molecule has 9 heterocycles. The maximum Gasteiger partial charge on any atom is 0.495 e. The number of H-pyrrole nitrogens is 2. The number of hydrogen-bond acceptors (Lipinski definition) is 18. The Morgan fingerprint density at radius 2 is 1.24 bits per heavy atom. The number of sulfone groups is 2. The average Bonchev–Trinajstić information content (AvgIpc) is 1.98. The minimum atomic E-state index is -3.37.